The molecule has 3 nitrogen and oxygen atoms in total. The topological polar surface area (TPSA) is 36.4 Å². The van der Waals surface area contributed by atoms with Gasteiger partial charge in [-0.2, -0.15) is 0 Å². The van der Waals surface area contributed by atoms with Crippen molar-refractivity contribution in [1.82, 2.24) is 4.98 Å². The van der Waals surface area contributed by atoms with Gasteiger partial charge in [0, 0.05) is 19.3 Å². The largest absolute Gasteiger partial charge is 0.387 e. The van der Waals surface area contributed by atoms with Crippen LogP contribution >= 0.6 is 11.6 Å². The van der Waals surface area contributed by atoms with Crippen molar-refractivity contribution in [1.29, 1.82) is 0 Å². The average molecular weight is 317 g/mol. The maximum Gasteiger partial charge on any atom is 0.0947 e. The Morgan fingerprint density at radius 3 is 2.50 bits per heavy atom. The molecule has 1 unspecified atom stereocenters. The van der Waals surface area contributed by atoms with E-state index in [-0.39, 0.29) is 0 Å². The van der Waals surface area contributed by atoms with E-state index in [0.29, 0.717) is 16.6 Å². The minimum Gasteiger partial charge on any atom is -0.387 e. The zero-order valence-corrected chi connectivity index (χ0v) is 13.5. The molecule has 1 aliphatic heterocycles. The van der Waals surface area contributed by atoms with Gasteiger partial charge in [0.15, 0.2) is 0 Å². The number of halogens is 1. The van der Waals surface area contributed by atoms with Crippen LogP contribution in [0.25, 0.3) is 0 Å². The third kappa shape index (κ3) is 3.11. The first-order chi connectivity index (χ1) is 10.7. The molecule has 116 valence electrons. The van der Waals surface area contributed by atoms with Crippen LogP contribution in [0.3, 0.4) is 0 Å². The van der Waals surface area contributed by atoms with Gasteiger partial charge >= 0.3 is 0 Å². The summed E-state index contributed by atoms with van der Waals surface area (Å²) in [5, 5.41) is 10.3. The summed E-state index contributed by atoms with van der Waals surface area (Å²) in [6.45, 7) is 3.64. The predicted octanol–water partition coefficient (Wildman–Crippen LogP) is 4.17. The van der Waals surface area contributed by atoms with Crippen LogP contribution in [0.4, 0.5) is 5.69 Å². The van der Waals surface area contributed by atoms with E-state index in [2.05, 4.69) is 40.2 Å². The van der Waals surface area contributed by atoms with Crippen LogP contribution in [-0.4, -0.2) is 23.2 Å². The van der Waals surface area contributed by atoms with Gasteiger partial charge in [0.2, 0.25) is 0 Å². The predicted molar refractivity (Wildman–Crippen MR) is 90.5 cm³/mol. The second-order valence-electron chi connectivity index (χ2n) is 5.88. The Labute approximate surface area is 136 Å². The van der Waals surface area contributed by atoms with Gasteiger partial charge < -0.3 is 10.0 Å². The number of rotatable bonds is 3. The zero-order chi connectivity index (χ0) is 15.5. The lowest BCUT2D eigenvalue weighted by Crippen LogP contribution is -2.33. The first-order valence-electron chi connectivity index (χ1n) is 7.79. The van der Waals surface area contributed by atoms with Crippen molar-refractivity contribution in [3.63, 3.8) is 0 Å². The molecule has 0 amide bonds. The van der Waals surface area contributed by atoms with E-state index in [0.717, 1.165) is 31.6 Å². The lowest BCUT2D eigenvalue weighted by Gasteiger charge is -2.34. The first kappa shape index (κ1) is 15.3. The summed E-state index contributed by atoms with van der Waals surface area (Å²) in [4.78, 5) is 6.49. The fourth-order valence-electron chi connectivity index (χ4n) is 3.16. The third-order valence-corrected chi connectivity index (χ3v) is 4.79. The summed E-state index contributed by atoms with van der Waals surface area (Å²) in [5.41, 5.74) is 2.97. The molecular weight excluding hydrogens is 296 g/mol. The lowest BCUT2D eigenvalue weighted by atomic mass is 9.89. The maximum atomic E-state index is 9.75. The molecule has 0 saturated carbocycles. The van der Waals surface area contributed by atoms with Crippen molar-refractivity contribution in [2.75, 3.05) is 18.0 Å². The Bertz CT molecular complexity index is 622. The smallest absolute Gasteiger partial charge is 0.0947 e. The number of anilines is 1. The zero-order valence-electron chi connectivity index (χ0n) is 12.7. The van der Waals surface area contributed by atoms with Crippen molar-refractivity contribution in [2.24, 2.45) is 0 Å². The van der Waals surface area contributed by atoms with E-state index in [4.69, 9.17) is 11.6 Å². The van der Waals surface area contributed by atoms with Gasteiger partial charge in [0.25, 0.3) is 0 Å². The standard InChI is InChI=1S/C18H21ClN2O/c1-13(22)18-17(19)16(7-10-20-18)21-11-8-15(9-12-21)14-5-3-2-4-6-14/h2-7,10,13,15,22H,8-9,11-12H2,1H3. The molecule has 1 atom stereocenters. The number of piperidine rings is 1. The highest BCUT2D eigenvalue weighted by Crippen LogP contribution is 2.35. The summed E-state index contributed by atoms with van der Waals surface area (Å²) in [7, 11) is 0. The Morgan fingerprint density at radius 1 is 1.18 bits per heavy atom. The third-order valence-electron chi connectivity index (χ3n) is 4.40. The number of nitrogens with zero attached hydrogens (tertiary/aromatic N) is 2. The van der Waals surface area contributed by atoms with Gasteiger partial charge in [-0.05, 0) is 37.3 Å². The molecule has 4 heteroatoms. The molecule has 1 aromatic carbocycles. The minimum atomic E-state index is -0.644. The molecule has 0 radical (unpaired) electrons. The summed E-state index contributed by atoms with van der Waals surface area (Å²) < 4.78 is 0. The normalized spacial score (nSPS) is 17.5. The van der Waals surface area contributed by atoms with Crippen LogP contribution in [0.2, 0.25) is 5.02 Å². The molecule has 3 rings (SSSR count). The quantitative estimate of drug-likeness (QED) is 0.923. The molecule has 0 aliphatic carbocycles. The fourth-order valence-corrected chi connectivity index (χ4v) is 3.55. The van der Waals surface area contributed by atoms with Crippen LogP contribution in [0.15, 0.2) is 42.6 Å². The van der Waals surface area contributed by atoms with Crippen molar-refractivity contribution in [3.8, 4) is 0 Å². The van der Waals surface area contributed by atoms with E-state index < -0.39 is 6.10 Å². The molecule has 1 fully saturated rings. The second kappa shape index (κ2) is 6.67. The van der Waals surface area contributed by atoms with Gasteiger partial charge in [-0.1, -0.05) is 41.9 Å². The van der Waals surface area contributed by atoms with E-state index >= 15 is 0 Å². The van der Waals surface area contributed by atoms with E-state index in [1.165, 1.54) is 5.56 Å². The van der Waals surface area contributed by atoms with Gasteiger partial charge in [0.05, 0.1) is 22.5 Å². The summed E-state index contributed by atoms with van der Waals surface area (Å²) >= 11 is 6.43. The van der Waals surface area contributed by atoms with Crippen molar-refractivity contribution in [2.45, 2.75) is 31.8 Å². The Balaban J connectivity index is 1.73. The molecule has 1 saturated heterocycles. The van der Waals surface area contributed by atoms with Gasteiger partial charge in [-0.15, -0.1) is 0 Å². The molecule has 1 N–H and O–H groups in total. The van der Waals surface area contributed by atoms with Gasteiger partial charge in [0.1, 0.15) is 0 Å². The SMILES string of the molecule is CC(O)c1nccc(N2CCC(c3ccccc3)CC2)c1Cl. The lowest BCUT2D eigenvalue weighted by molar-refractivity contribution is 0.194. The van der Waals surface area contributed by atoms with E-state index in [9.17, 15) is 5.11 Å². The molecule has 0 bridgehead atoms. The monoisotopic (exact) mass is 316 g/mol. The highest BCUT2D eigenvalue weighted by molar-refractivity contribution is 6.33. The van der Waals surface area contributed by atoms with Crippen molar-refractivity contribution >= 4 is 17.3 Å². The molecule has 22 heavy (non-hydrogen) atoms. The van der Waals surface area contributed by atoms with Crippen LogP contribution in [0.5, 0.6) is 0 Å². The Morgan fingerprint density at radius 2 is 1.86 bits per heavy atom. The number of aromatic nitrogens is 1. The van der Waals surface area contributed by atoms with Gasteiger partial charge in [-0.25, -0.2) is 0 Å². The molecular formula is C18H21ClN2O. The summed E-state index contributed by atoms with van der Waals surface area (Å²) in [6.07, 6.45) is 3.32. The summed E-state index contributed by atoms with van der Waals surface area (Å²) in [6, 6.07) is 12.6. The number of benzene rings is 1. The number of hydrogen-bond acceptors (Lipinski definition) is 3. The van der Waals surface area contributed by atoms with Crippen LogP contribution in [0.1, 0.15) is 43.0 Å². The minimum absolute atomic E-state index is 0.560. The second-order valence-corrected chi connectivity index (χ2v) is 6.26. The highest BCUT2D eigenvalue weighted by atomic mass is 35.5. The maximum absolute atomic E-state index is 9.75. The van der Waals surface area contributed by atoms with Crippen molar-refractivity contribution < 1.29 is 5.11 Å². The van der Waals surface area contributed by atoms with Crippen LogP contribution < -0.4 is 4.90 Å². The van der Waals surface area contributed by atoms with E-state index in [1.807, 2.05) is 6.07 Å². The molecule has 1 aromatic heterocycles. The molecule has 2 aromatic rings. The summed E-state index contributed by atoms with van der Waals surface area (Å²) in [5.74, 6) is 0.620. The van der Waals surface area contributed by atoms with Crippen LogP contribution in [-0.2, 0) is 0 Å². The highest BCUT2D eigenvalue weighted by Gasteiger charge is 2.23. The number of aliphatic hydroxyl groups is 1. The number of pyridine rings is 1. The molecule has 1 aliphatic rings. The average Bonchev–Trinajstić information content (AvgIpc) is 2.56. The molecule has 2 heterocycles. The fraction of sp³-hybridized carbons (Fsp3) is 0.389. The van der Waals surface area contributed by atoms with Crippen molar-refractivity contribution in [3.05, 3.63) is 58.9 Å². The van der Waals surface area contributed by atoms with Gasteiger partial charge in [-0.3, -0.25) is 4.98 Å². The van der Waals surface area contributed by atoms with Crippen LogP contribution in [0, 0.1) is 0 Å². The number of hydrogen-bond donors (Lipinski definition) is 1. The van der Waals surface area contributed by atoms with E-state index in [1.54, 1.807) is 13.1 Å². The Kier molecular flexibility index (Phi) is 4.65. The first-order valence-corrected chi connectivity index (χ1v) is 8.17. The number of aliphatic hydroxyl groups excluding tert-OH is 1. The Hall–Kier alpha value is -1.58. The molecule has 0 spiro atoms.